The molecular formula is C26H23N10O6S2-. The van der Waals surface area contributed by atoms with Crippen molar-refractivity contribution < 1.29 is 33.7 Å². The molecule has 2 aliphatic rings. The first kappa shape index (κ1) is 30.3. The van der Waals surface area contributed by atoms with Crippen LogP contribution in [0.5, 0.6) is 0 Å². The van der Waals surface area contributed by atoms with Gasteiger partial charge in [0.1, 0.15) is 18.0 Å². The zero-order chi connectivity index (χ0) is 31.4. The van der Waals surface area contributed by atoms with Crippen LogP contribution in [-0.4, -0.2) is 78.4 Å². The summed E-state index contributed by atoms with van der Waals surface area (Å²) in [6.07, 6.45) is 5.21. The smallest absolute Gasteiger partial charge is 0.278 e. The third kappa shape index (κ3) is 6.26. The molecule has 2 unspecified atom stereocenters. The van der Waals surface area contributed by atoms with Crippen LogP contribution in [0.1, 0.15) is 18.4 Å². The molecule has 16 nitrogen and oxygen atoms in total. The van der Waals surface area contributed by atoms with Gasteiger partial charge in [-0.05, 0) is 24.1 Å². The Hall–Kier alpha value is -5.19. The van der Waals surface area contributed by atoms with Gasteiger partial charge in [-0.25, -0.2) is 4.57 Å². The number of anilines is 1. The number of carbonyl (C=O) groups excluding carboxylic acids is 4. The Morgan fingerprint density at radius 1 is 1.34 bits per heavy atom. The number of nitrogens with zero attached hydrogens (tertiary/aromatic N) is 7. The average Bonchev–Trinajstić information content (AvgIpc) is 3.65. The van der Waals surface area contributed by atoms with Crippen molar-refractivity contribution in [2.45, 2.75) is 31.3 Å². The number of fused-ring (bicyclic) bond motifs is 1. The zero-order valence-electron chi connectivity index (χ0n) is 22.9. The molecule has 226 valence electrons. The van der Waals surface area contributed by atoms with Crippen LogP contribution in [0.15, 0.2) is 58.2 Å². The average molecular weight is 636 g/mol. The summed E-state index contributed by atoms with van der Waals surface area (Å²) in [4.78, 5) is 66.2. The van der Waals surface area contributed by atoms with Crippen LogP contribution in [-0.2, 0) is 37.0 Å². The summed E-state index contributed by atoms with van der Waals surface area (Å²) < 4.78 is 5.74. The van der Waals surface area contributed by atoms with Crippen LogP contribution < -0.4 is 20.7 Å². The molecular weight excluding hydrogens is 612 g/mol. The van der Waals surface area contributed by atoms with Crippen LogP contribution in [0, 0.1) is 0 Å². The fraction of sp³-hybridized carbons (Fsp3) is 0.269. The van der Waals surface area contributed by atoms with Gasteiger partial charge >= 0.3 is 0 Å². The SMILES string of the molecule is CCO/N=C(/C(=O)NC1C(=O)N2C(C(=O)[O-])=C(C[n+]3ccc(-c4c[nH]c(CC(=O)N=C=[N-])c4)cc3)CSC12)c1nsc(N)n1. The number of β-lactam (4-membered cyclic amide) rings is 1. The Labute approximate surface area is 257 Å². The highest BCUT2D eigenvalue weighted by molar-refractivity contribution is 8.00. The summed E-state index contributed by atoms with van der Waals surface area (Å²) in [5.41, 5.74) is 7.84. The number of aromatic amines is 1. The van der Waals surface area contributed by atoms with Gasteiger partial charge in [0.25, 0.3) is 11.8 Å². The summed E-state index contributed by atoms with van der Waals surface area (Å²) in [5.74, 6) is -3.22. The van der Waals surface area contributed by atoms with Gasteiger partial charge in [0.15, 0.2) is 30.0 Å². The van der Waals surface area contributed by atoms with Gasteiger partial charge in [-0.15, -0.1) is 17.8 Å². The molecule has 4 N–H and O–H groups in total. The fourth-order valence-corrected chi connectivity index (χ4v) is 6.36. The topological polar surface area (TPSA) is 234 Å². The highest BCUT2D eigenvalue weighted by Crippen LogP contribution is 2.40. The van der Waals surface area contributed by atoms with E-state index in [1.54, 1.807) is 36.1 Å². The number of amides is 3. The lowest BCUT2D eigenvalue weighted by Crippen LogP contribution is -2.71. The molecule has 44 heavy (non-hydrogen) atoms. The number of pyridine rings is 1. The molecule has 3 aromatic heterocycles. The molecule has 0 aliphatic carbocycles. The van der Waals surface area contributed by atoms with E-state index in [1.165, 1.54) is 17.8 Å². The summed E-state index contributed by atoms with van der Waals surface area (Å²) in [6.45, 7) is 2.02. The minimum Gasteiger partial charge on any atom is -0.543 e. The number of rotatable bonds is 11. The van der Waals surface area contributed by atoms with Crippen molar-refractivity contribution in [1.29, 1.82) is 0 Å². The van der Waals surface area contributed by atoms with E-state index in [0.717, 1.165) is 27.6 Å². The van der Waals surface area contributed by atoms with Gasteiger partial charge in [-0.2, -0.15) is 9.36 Å². The third-order valence-corrected chi connectivity index (χ3v) is 8.42. The number of thioether (sulfide) groups is 1. The van der Waals surface area contributed by atoms with E-state index in [9.17, 15) is 24.3 Å². The number of carboxylic acids is 1. The van der Waals surface area contributed by atoms with Crippen LogP contribution >= 0.6 is 23.3 Å². The monoisotopic (exact) mass is 635 g/mol. The summed E-state index contributed by atoms with van der Waals surface area (Å²) in [6, 6.07) is 5.86. The Morgan fingerprint density at radius 3 is 2.77 bits per heavy atom. The second-order valence-electron chi connectivity index (χ2n) is 9.37. The number of hydrogen-bond donors (Lipinski definition) is 3. The second-order valence-corrected chi connectivity index (χ2v) is 11.3. The quantitative estimate of drug-likeness (QED) is 0.101. The number of aliphatic carboxylic acids is 1. The van der Waals surface area contributed by atoms with E-state index in [1.807, 2.05) is 12.1 Å². The van der Waals surface area contributed by atoms with Crippen LogP contribution in [0.25, 0.3) is 16.5 Å². The number of nitrogens with one attached hydrogen (secondary N) is 2. The van der Waals surface area contributed by atoms with Gasteiger partial charge in [0, 0.05) is 53.3 Å². The number of oxime groups is 1. The van der Waals surface area contributed by atoms with E-state index in [-0.39, 0.29) is 47.7 Å². The Kier molecular flexibility index (Phi) is 8.94. The minimum absolute atomic E-state index is 0.0286. The number of nitrogens with two attached hydrogens (primary N) is 1. The lowest BCUT2D eigenvalue weighted by molar-refractivity contribution is -0.689. The first-order valence-corrected chi connectivity index (χ1v) is 14.8. The first-order chi connectivity index (χ1) is 21.2. The van der Waals surface area contributed by atoms with Gasteiger partial charge in [-0.1, -0.05) is 5.16 Å². The van der Waals surface area contributed by atoms with E-state index in [2.05, 4.69) is 29.8 Å². The first-order valence-electron chi connectivity index (χ1n) is 13.0. The summed E-state index contributed by atoms with van der Waals surface area (Å²) in [5, 5.41) is 26.5. The fourth-order valence-electron chi connectivity index (χ4n) is 4.59. The Balaban J connectivity index is 1.28. The molecule has 2 atom stereocenters. The predicted octanol–water partition coefficient (Wildman–Crippen LogP) is -0.940. The lowest BCUT2D eigenvalue weighted by atomic mass is 10.0. The van der Waals surface area contributed by atoms with E-state index >= 15 is 0 Å². The van der Waals surface area contributed by atoms with Gasteiger partial charge in [0.05, 0.1) is 11.7 Å². The second kappa shape index (κ2) is 13.0. The minimum atomic E-state index is -1.50. The molecule has 0 saturated carbocycles. The molecule has 3 aromatic rings. The largest absolute Gasteiger partial charge is 0.543 e. The highest BCUT2D eigenvalue weighted by atomic mass is 32.2. The number of carbonyl (C=O) groups is 4. The molecule has 5 rings (SSSR count). The van der Waals surface area contributed by atoms with Crippen molar-refractivity contribution in [1.82, 2.24) is 24.6 Å². The molecule has 18 heteroatoms. The molecule has 3 amide bonds. The van der Waals surface area contributed by atoms with Crippen molar-refractivity contribution in [2.24, 2.45) is 10.1 Å². The van der Waals surface area contributed by atoms with Crippen LogP contribution in [0.4, 0.5) is 5.13 Å². The normalized spacial score (nSPS) is 17.8. The van der Waals surface area contributed by atoms with Crippen molar-refractivity contribution in [3.63, 3.8) is 0 Å². The molecule has 1 saturated heterocycles. The van der Waals surface area contributed by atoms with Crippen molar-refractivity contribution >= 4 is 63.8 Å². The molecule has 0 aromatic carbocycles. The standard InChI is InChI=1S/C26H23N10O6S2/c1-2-42-33-18(21-32-26(28)44-34-21)22(38)31-19-23(39)36-20(25(40)41)15(11-43-24(19)36)10-35-5-3-13(4-6-35)14-7-16(29-9-14)8-17(37)30-12-27/h3-7,9,19,24H,2,8,10-11H2,1H3,(H4,28,31,32,34,38,40,41)/q-1/b33-18+. The van der Waals surface area contributed by atoms with Crippen molar-refractivity contribution in [3.8, 4) is 11.1 Å². The van der Waals surface area contributed by atoms with Gasteiger partial charge < -0.3 is 41.2 Å². The molecule has 0 spiro atoms. The van der Waals surface area contributed by atoms with Gasteiger partial charge in [0.2, 0.25) is 11.5 Å². The van der Waals surface area contributed by atoms with Crippen LogP contribution in [0.2, 0.25) is 0 Å². The Bertz CT molecular complexity index is 1740. The number of nitrogen functional groups attached to an aromatic ring is 1. The molecule has 0 radical (unpaired) electrons. The molecule has 0 bridgehead atoms. The Morgan fingerprint density at radius 2 is 2.11 bits per heavy atom. The highest BCUT2D eigenvalue weighted by Gasteiger charge is 2.53. The van der Waals surface area contributed by atoms with Crippen molar-refractivity contribution in [2.75, 3.05) is 18.1 Å². The maximum absolute atomic E-state index is 13.1. The number of hydrogen-bond acceptors (Lipinski definition) is 12. The lowest BCUT2D eigenvalue weighted by Gasteiger charge is -2.50. The van der Waals surface area contributed by atoms with E-state index in [0.29, 0.717) is 11.3 Å². The maximum atomic E-state index is 13.1. The molecule has 5 heterocycles. The number of carboxylic acid groups (broad SMARTS) is 1. The maximum Gasteiger partial charge on any atom is 0.278 e. The number of aliphatic imine (C=N–C) groups is 1. The number of H-pyrrole nitrogens is 1. The third-order valence-electron chi connectivity index (χ3n) is 6.54. The number of aromatic nitrogens is 4. The summed E-state index contributed by atoms with van der Waals surface area (Å²) in [7, 11) is 0. The van der Waals surface area contributed by atoms with E-state index < -0.39 is 35.1 Å². The predicted molar refractivity (Wildman–Crippen MR) is 155 cm³/mol. The van der Waals surface area contributed by atoms with Crippen molar-refractivity contribution in [3.05, 3.63) is 65.0 Å². The zero-order valence-corrected chi connectivity index (χ0v) is 24.6. The van der Waals surface area contributed by atoms with Crippen LogP contribution in [0.3, 0.4) is 0 Å². The van der Waals surface area contributed by atoms with Gasteiger partial charge in [-0.3, -0.25) is 19.3 Å². The van der Waals surface area contributed by atoms with E-state index in [4.69, 9.17) is 16.0 Å². The molecule has 1 fully saturated rings. The molecule has 2 aliphatic heterocycles. The summed E-state index contributed by atoms with van der Waals surface area (Å²) >= 11 is 2.17.